The first-order chi connectivity index (χ1) is 16.5. The number of benzene rings is 3. The van der Waals surface area contributed by atoms with E-state index in [4.69, 9.17) is 24.7 Å². The third-order valence-corrected chi connectivity index (χ3v) is 5.20. The van der Waals surface area contributed by atoms with Crippen LogP contribution in [0.4, 0.5) is 5.69 Å². The number of nitrogens with two attached hydrogens (primary N) is 1. The summed E-state index contributed by atoms with van der Waals surface area (Å²) >= 11 is 0. The van der Waals surface area contributed by atoms with Gasteiger partial charge in [-0.05, 0) is 54.6 Å². The first-order valence-electron chi connectivity index (χ1n) is 10.5. The van der Waals surface area contributed by atoms with Gasteiger partial charge in [-0.2, -0.15) is 0 Å². The van der Waals surface area contributed by atoms with Gasteiger partial charge in [0.2, 0.25) is 5.75 Å². The van der Waals surface area contributed by atoms with E-state index in [1.54, 1.807) is 54.7 Å². The molecular weight excluding hydrogens is 432 g/mol. The molecule has 0 unspecified atom stereocenters. The molecule has 0 aliphatic carbocycles. The van der Waals surface area contributed by atoms with Gasteiger partial charge in [0.1, 0.15) is 11.5 Å². The van der Waals surface area contributed by atoms with Crippen LogP contribution in [0.3, 0.4) is 0 Å². The van der Waals surface area contributed by atoms with E-state index >= 15 is 0 Å². The van der Waals surface area contributed by atoms with Crippen LogP contribution in [0, 0.1) is 0 Å². The number of ketones is 1. The van der Waals surface area contributed by atoms with Crippen LogP contribution in [0.5, 0.6) is 28.7 Å². The predicted molar refractivity (Wildman–Crippen MR) is 130 cm³/mol. The lowest BCUT2D eigenvalue weighted by atomic mass is 9.98. The molecule has 7 nitrogen and oxygen atoms in total. The van der Waals surface area contributed by atoms with Crippen molar-refractivity contribution in [3.05, 3.63) is 90.1 Å². The van der Waals surface area contributed by atoms with E-state index in [0.717, 1.165) is 11.3 Å². The molecule has 4 rings (SSSR count). The fraction of sp³-hybridized carbons (Fsp3) is 0.111. The minimum atomic E-state index is -0.282. The highest BCUT2D eigenvalue weighted by molar-refractivity contribution is 6.12. The predicted octanol–water partition coefficient (Wildman–Crippen LogP) is 5.38. The van der Waals surface area contributed by atoms with Gasteiger partial charge in [-0.1, -0.05) is 12.1 Å². The lowest BCUT2D eigenvalue weighted by Crippen LogP contribution is -2.06. The Morgan fingerprint density at radius 1 is 0.794 bits per heavy atom. The quantitative estimate of drug-likeness (QED) is 0.281. The van der Waals surface area contributed by atoms with Crippen molar-refractivity contribution in [1.82, 2.24) is 4.98 Å². The largest absolute Gasteiger partial charge is 0.493 e. The highest BCUT2D eigenvalue weighted by Gasteiger charge is 2.22. The van der Waals surface area contributed by atoms with Crippen LogP contribution in [0.15, 0.2) is 79.0 Å². The van der Waals surface area contributed by atoms with Crippen molar-refractivity contribution in [2.24, 2.45) is 0 Å². The van der Waals surface area contributed by atoms with E-state index in [9.17, 15) is 4.79 Å². The molecule has 0 amide bonds. The topological polar surface area (TPSA) is 92.9 Å². The Kier molecular flexibility index (Phi) is 6.64. The molecule has 3 aromatic carbocycles. The molecule has 0 radical (unpaired) electrons. The number of carbonyl (C=O) groups is 1. The standard InChI is InChI=1S/C27H24N2O5/c1-31-24-14-18(15-25(32-2)27(24)33-3)26(30)21-13-17(22-9-4-5-12-29-22)10-11-23(21)34-20-8-6-7-19(28)16-20/h4-16H,28H2,1-3H3. The van der Waals surface area contributed by atoms with E-state index in [-0.39, 0.29) is 5.78 Å². The van der Waals surface area contributed by atoms with Crippen LogP contribution >= 0.6 is 0 Å². The van der Waals surface area contributed by atoms with Gasteiger partial charge in [-0.3, -0.25) is 9.78 Å². The third-order valence-electron chi connectivity index (χ3n) is 5.20. The van der Waals surface area contributed by atoms with Crippen molar-refractivity contribution in [2.45, 2.75) is 0 Å². The molecule has 0 aliphatic heterocycles. The summed E-state index contributed by atoms with van der Waals surface area (Å²) < 4.78 is 22.3. The van der Waals surface area contributed by atoms with Gasteiger partial charge in [0.25, 0.3) is 0 Å². The Morgan fingerprint density at radius 2 is 1.56 bits per heavy atom. The molecule has 7 heteroatoms. The van der Waals surface area contributed by atoms with E-state index in [1.165, 1.54) is 21.3 Å². The summed E-state index contributed by atoms with van der Waals surface area (Å²) in [6.45, 7) is 0. The van der Waals surface area contributed by atoms with Gasteiger partial charge in [-0.25, -0.2) is 0 Å². The first-order valence-corrected chi connectivity index (χ1v) is 10.5. The number of carbonyl (C=O) groups excluding carboxylic acids is 1. The lowest BCUT2D eigenvalue weighted by molar-refractivity contribution is 0.103. The molecule has 2 N–H and O–H groups in total. The van der Waals surface area contributed by atoms with Crippen molar-refractivity contribution < 1.29 is 23.7 Å². The Hall–Kier alpha value is -4.52. The monoisotopic (exact) mass is 456 g/mol. The number of anilines is 1. The van der Waals surface area contributed by atoms with Crippen molar-refractivity contribution in [2.75, 3.05) is 27.1 Å². The van der Waals surface area contributed by atoms with Gasteiger partial charge in [0.15, 0.2) is 17.3 Å². The Morgan fingerprint density at radius 3 is 2.18 bits per heavy atom. The van der Waals surface area contributed by atoms with Crippen molar-refractivity contribution in [3.8, 4) is 40.0 Å². The highest BCUT2D eigenvalue weighted by atomic mass is 16.5. The second-order valence-corrected chi connectivity index (χ2v) is 7.34. The van der Waals surface area contributed by atoms with Crippen molar-refractivity contribution in [3.63, 3.8) is 0 Å². The average Bonchev–Trinajstić information content (AvgIpc) is 2.88. The summed E-state index contributed by atoms with van der Waals surface area (Å²) in [7, 11) is 4.51. The lowest BCUT2D eigenvalue weighted by Gasteiger charge is -2.16. The van der Waals surface area contributed by atoms with Crippen LogP contribution in [0.2, 0.25) is 0 Å². The first kappa shape index (κ1) is 22.7. The maximum absolute atomic E-state index is 13.8. The molecule has 4 aromatic rings. The Balaban J connectivity index is 1.84. The molecule has 0 aliphatic rings. The average molecular weight is 456 g/mol. The summed E-state index contributed by atoms with van der Waals surface area (Å²) in [5.41, 5.74) is 8.66. The minimum Gasteiger partial charge on any atom is -0.493 e. The summed E-state index contributed by atoms with van der Waals surface area (Å²) in [6.07, 6.45) is 1.70. The van der Waals surface area contributed by atoms with Crippen LogP contribution in [-0.4, -0.2) is 32.1 Å². The zero-order valence-electron chi connectivity index (χ0n) is 19.1. The van der Waals surface area contributed by atoms with Gasteiger partial charge in [-0.15, -0.1) is 0 Å². The number of hydrogen-bond acceptors (Lipinski definition) is 7. The van der Waals surface area contributed by atoms with Gasteiger partial charge in [0, 0.05) is 29.1 Å². The number of hydrogen-bond donors (Lipinski definition) is 1. The molecular formula is C27H24N2O5. The van der Waals surface area contributed by atoms with E-state index in [0.29, 0.717) is 45.6 Å². The summed E-state index contributed by atoms with van der Waals surface area (Å²) in [5.74, 6) is 1.78. The molecule has 0 spiro atoms. The van der Waals surface area contributed by atoms with Crippen molar-refractivity contribution >= 4 is 11.5 Å². The van der Waals surface area contributed by atoms with Crippen molar-refractivity contribution in [1.29, 1.82) is 0 Å². The number of ether oxygens (including phenoxy) is 4. The zero-order chi connectivity index (χ0) is 24.1. The maximum atomic E-state index is 13.8. The Labute approximate surface area is 197 Å². The molecule has 0 bridgehead atoms. The van der Waals surface area contributed by atoms with E-state index in [1.807, 2.05) is 24.3 Å². The molecule has 0 fully saturated rings. The number of aromatic nitrogens is 1. The fourth-order valence-corrected chi connectivity index (χ4v) is 3.56. The molecule has 0 saturated carbocycles. The molecule has 34 heavy (non-hydrogen) atoms. The summed E-state index contributed by atoms with van der Waals surface area (Å²) in [4.78, 5) is 18.2. The van der Waals surface area contributed by atoms with Crippen LogP contribution in [-0.2, 0) is 0 Å². The zero-order valence-corrected chi connectivity index (χ0v) is 19.1. The number of nitrogen functional groups attached to an aromatic ring is 1. The van der Waals surface area contributed by atoms with Gasteiger partial charge in [0.05, 0.1) is 32.6 Å². The second-order valence-electron chi connectivity index (χ2n) is 7.34. The summed E-state index contributed by atoms with van der Waals surface area (Å²) in [5, 5.41) is 0. The van der Waals surface area contributed by atoms with Gasteiger partial charge >= 0.3 is 0 Å². The van der Waals surface area contributed by atoms with Gasteiger partial charge < -0.3 is 24.7 Å². The number of nitrogens with zero attached hydrogens (tertiary/aromatic N) is 1. The fourth-order valence-electron chi connectivity index (χ4n) is 3.56. The molecule has 172 valence electrons. The molecule has 1 aromatic heterocycles. The molecule has 1 heterocycles. The van der Waals surface area contributed by atoms with Crippen LogP contribution in [0.1, 0.15) is 15.9 Å². The number of methoxy groups -OCH3 is 3. The number of rotatable bonds is 8. The second kappa shape index (κ2) is 9.95. The van der Waals surface area contributed by atoms with Crippen LogP contribution in [0.25, 0.3) is 11.3 Å². The maximum Gasteiger partial charge on any atom is 0.203 e. The van der Waals surface area contributed by atoms with E-state index in [2.05, 4.69) is 4.98 Å². The normalized spacial score (nSPS) is 10.4. The Bertz CT molecular complexity index is 1300. The number of pyridine rings is 1. The minimum absolute atomic E-state index is 0.282. The smallest absolute Gasteiger partial charge is 0.203 e. The SMILES string of the molecule is COc1cc(C(=O)c2cc(-c3ccccn3)ccc2Oc2cccc(N)c2)cc(OC)c1OC. The molecule has 0 saturated heterocycles. The van der Waals surface area contributed by atoms with E-state index < -0.39 is 0 Å². The third kappa shape index (κ3) is 4.63. The van der Waals surface area contributed by atoms with Crippen LogP contribution < -0.4 is 24.7 Å². The highest BCUT2D eigenvalue weighted by Crippen LogP contribution is 2.40. The molecule has 0 atom stereocenters. The summed E-state index contributed by atoms with van der Waals surface area (Å²) in [6, 6.07) is 21.2.